The van der Waals surface area contributed by atoms with E-state index in [1.165, 1.54) is 0 Å². The van der Waals surface area contributed by atoms with Crippen molar-refractivity contribution in [3.63, 3.8) is 0 Å². The van der Waals surface area contributed by atoms with Crippen LogP contribution in [0.2, 0.25) is 0 Å². The second-order valence-electron chi connectivity index (χ2n) is 4.85. The number of rotatable bonds is 5. The van der Waals surface area contributed by atoms with Crippen molar-refractivity contribution in [3.05, 3.63) is 57.1 Å². The first kappa shape index (κ1) is 15.6. The minimum atomic E-state index is 0.355. The molecule has 0 atom stereocenters. The Balaban J connectivity index is 2.26. The Morgan fingerprint density at radius 3 is 2.38 bits per heavy atom. The Kier molecular flexibility index (Phi) is 5.02. The van der Waals surface area contributed by atoms with Crippen molar-refractivity contribution in [2.45, 2.75) is 20.5 Å². The Bertz CT molecular complexity index is 642. The van der Waals surface area contributed by atoms with Crippen molar-refractivity contribution >= 4 is 22.2 Å². The summed E-state index contributed by atoms with van der Waals surface area (Å²) in [6, 6.07) is 9.33. The fraction of sp³-hybridized carbons (Fsp3) is 0.235. The molecular weight excluding hydrogens is 332 g/mol. The number of hydrogen-bond acceptors (Lipinski definition) is 3. The second kappa shape index (κ2) is 6.76. The summed E-state index contributed by atoms with van der Waals surface area (Å²) in [7, 11) is 1.61. The lowest BCUT2D eigenvalue weighted by Crippen LogP contribution is -2.02. The Labute approximate surface area is 133 Å². The summed E-state index contributed by atoms with van der Waals surface area (Å²) in [6.07, 6.45) is 0.819. The molecule has 0 amide bonds. The number of methoxy groups -OCH3 is 1. The second-order valence-corrected chi connectivity index (χ2v) is 5.76. The number of benzene rings is 2. The average molecular weight is 349 g/mol. The zero-order valence-electron chi connectivity index (χ0n) is 12.3. The van der Waals surface area contributed by atoms with E-state index in [2.05, 4.69) is 15.9 Å². The predicted octanol–water partition coefficient (Wildman–Crippen LogP) is 4.47. The maximum Gasteiger partial charge on any atom is 0.150 e. The van der Waals surface area contributed by atoms with Gasteiger partial charge in [-0.2, -0.15) is 0 Å². The summed E-state index contributed by atoms with van der Waals surface area (Å²) in [4.78, 5) is 10.9. The first-order valence-electron chi connectivity index (χ1n) is 6.56. The molecule has 0 heterocycles. The van der Waals surface area contributed by atoms with E-state index in [1.54, 1.807) is 25.3 Å². The lowest BCUT2D eigenvalue weighted by Gasteiger charge is -2.14. The number of hydrogen-bond donors (Lipinski definition) is 0. The van der Waals surface area contributed by atoms with Gasteiger partial charge < -0.3 is 9.47 Å². The molecule has 21 heavy (non-hydrogen) atoms. The van der Waals surface area contributed by atoms with Crippen LogP contribution in [0.5, 0.6) is 11.5 Å². The lowest BCUT2D eigenvalue weighted by molar-refractivity contribution is 0.112. The monoisotopic (exact) mass is 348 g/mol. The van der Waals surface area contributed by atoms with Crippen molar-refractivity contribution in [2.75, 3.05) is 7.11 Å². The first-order chi connectivity index (χ1) is 10.0. The standard InChI is InChI=1S/C17H17BrO3/c1-11-6-15(18)7-12(2)17(11)21-10-14-8-13(9-19)4-5-16(14)20-3/h4-9H,10H2,1-3H3. The molecule has 0 unspecified atom stereocenters. The number of ether oxygens (including phenoxy) is 2. The number of aryl methyl sites for hydroxylation is 2. The van der Waals surface area contributed by atoms with E-state index >= 15 is 0 Å². The van der Waals surface area contributed by atoms with Crippen LogP contribution in [0.15, 0.2) is 34.8 Å². The topological polar surface area (TPSA) is 35.5 Å². The van der Waals surface area contributed by atoms with Crippen LogP contribution in [0.1, 0.15) is 27.0 Å². The van der Waals surface area contributed by atoms with E-state index in [4.69, 9.17) is 9.47 Å². The molecule has 4 heteroatoms. The van der Waals surface area contributed by atoms with Crippen LogP contribution < -0.4 is 9.47 Å². The third-order valence-corrected chi connectivity index (χ3v) is 3.70. The van der Waals surface area contributed by atoms with E-state index in [-0.39, 0.29) is 0 Å². The highest BCUT2D eigenvalue weighted by Crippen LogP contribution is 2.29. The van der Waals surface area contributed by atoms with Crippen molar-refractivity contribution in [2.24, 2.45) is 0 Å². The van der Waals surface area contributed by atoms with Gasteiger partial charge in [-0.15, -0.1) is 0 Å². The molecule has 3 nitrogen and oxygen atoms in total. The molecular formula is C17H17BrO3. The zero-order valence-corrected chi connectivity index (χ0v) is 13.9. The summed E-state index contributed by atoms with van der Waals surface area (Å²) in [5.74, 6) is 1.57. The molecule has 2 aromatic rings. The molecule has 0 fully saturated rings. The van der Waals surface area contributed by atoms with Crippen molar-refractivity contribution in [1.29, 1.82) is 0 Å². The molecule has 0 aliphatic heterocycles. The van der Waals surface area contributed by atoms with E-state index < -0.39 is 0 Å². The summed E-state index contributed by atoms with van der Waals surface area (Å²) in [6.45, 7) is 4.37. The van der Waals surface area contributed by atoms with Crippen LogP contribution in [0.25, 0.3) is 0 Å². The smallest absolute Gasteiger partial charge is 0.150 e. The number of carbonyl (C=O) groups excluding carboxylic acids is 1. The van der Waals surface area contributed by atoms with Gasteiger partial charge in [0.2, 0.25) is 0 Å². The van der Waals surface area contributed by atoms with Crippen molar-refractivity contribution in [3.8, 4) is 11.5 Å². The Morgan fingerprint density at radius 2 is 1.81 bits per heavy atom. The molecule has 0 spiro atoms. The van der Waals surface area contributed by atoms with E-state index in [0.717, 1.165) is 33.2 Å². The number of carbonyl (C=O) groups is 1. The summed E-state index contributed by atoms with van der Waals surface area (Å²) in [5, 5.41) is 0. The van der Waals surface area contributed by atoms with Gasteiger partial charge in [-0.25, -0.2) is 0 Å². The maximum absolute atomic E-state index is 10.9. The van der Waals surface area contributed by atoms with E-state index in [0.29, 0.717) is 17.9 Å². The largest absolute Gasteiger partial charge is 0.496 e. The first-order valence-corrected chi connectivity index (χ1v) is 7.36. The van der Waals surface area contributed by atoms with Gasteiger partial charge in [0, 0.05) is 15.6 Å². The lowest BCUT2D eigenvalue weighted by atomic mass is 10.1. The van der Waals surface area contributed by atoms with Crippen LogP contribution in [-0.2, 0) is 6.61 Å². The van der Waals surface area contributed by atoms with Gasteiger partial charge in [-0.05, 0) is 55.3 Å². The van der Waals surface area contributed by atoms with Crippen LogP contribution in [0.4, 0.5) is 0 Å². The van der Waals surface area contributed by atoms with Crippen LogP contribution in [-0.4, -0.2) is 13.4 Å². The molecule has 0 saturated carbocycles. The SMILES string of the molecule is COc1ccc(C=O)cc1COc1c(C)cc(Br)cc1C. The maximum atomic E-state index is 10.9. The fourth-order valence-corrected chi connectivity index (χ4v) is 2.95. The molecule has 0 aliphatic rings. The molecule has 0 aromatic heterocycles. The molecule has 2 rings (SSSR count). The van der Waals surface area contributed by atoms with Gasteiger partial charge in [0.25, 0.3) is 0 Å². The molecule has 2 aromatic carbocycles. The summed E-state index contributed by atoms with van der Waals surface area (Å²) in [5.41, 5.74) is 3.59. The molecule has 110 valence electrons. The third kappa shape index (κ3) is 3.64. The highest BCUT2D eigenvalue weighted by molar-refractivity contribution is 9.10. The zero-order chi connectivity index (χ0) is 15.4. The van der Waals surface area contributed by atoms with Gasteiger partial charge in [0.15, 0.2) is 0 Å². The summed E-state index contributed by atoms with van der Waals surface area (Å²) >= 11 is 3.47. The average Bonchev–Trinajstić information content (AvgIpc) is 2.45. The van der Waals surface area contributed by atoms with Crippen molar-refractivity contribution < 1.29 is 14.3 Å². The highest BCUT2D eigenvalue weighted by Gasteiger charge is 2.09. The van der Waals surface area contributed by atoms with Gasteiger partial charge in [0.1, 0.15) is 24.4 Å². The summed E-state index contributed by atoms with van der Waals surface area (Å²) < 4.78 is 12.3. The van der Waals surface area contributed by atoms with Crippen LogP contribution >= 0.6 is 15.9 Å². The van der Waals surface area contributed by atoms with Crippen molar-refractivity contribution in [1.82, 2.24) is 0 Å². The third-order valence-electron chi connectivity index (χ3n) is 3.24. The predicted molar refractivity (Wildman–Crippen MR) is 86.3 cm³/mol. The Morgan fingerprint density at radius 1 is 1.14 bits per heavy atom. The molecule has 0 radical (unpaired) electrons. The Hall–Kier alpha value is -1.81. The molecule has 0 aliphatic carbocycles. The van der Waals surface area contributed by atoms with E-state index in [1.807, 2.05) is 26.0 Å². The van der Waals surface area contributed by atoms with Gasteiger partial charge >= 0.3 is 0 Å². The van der Waals surface area contributed by atoms with Gasteiger partial charge in [-0.1, -0.05) is 15.9 Å². The van der Waals surface area contributed by atoms with Gasteiger partial charge in [-0.3, -0.25) is 4.79 Å². The van der Waals surface area contributed by atoms with Gasteiger partial charge in [0.05, 0.1) is 7.11 Å². The van der Waals surface area contributed by atoms with E-state index in [9.17, 15) is 4.79 Å². The van der Waals surface area contributed by atoms with Crippen LogP contribution in [0.3, 0.4) is 0 Å². The van der Waals surface area contributed by atoms with Crippen LogP contribution in [0, 0.1) is 13.8 Å². The molecule has 0 N–H and O–H groups in total. The normalized spacial score (nSPS) is 10.3. The number of halogens is 1. The minimum Gasteiger partial charge on any atom is -0.496 e. The highest BCUT2D eigenvalue weighted by atomic mass is 79.9. The molecule has 0 bridgehead atoms. The fourth-order valence-electron chi connectivity index (χ4n) is 2.26. The number of aldehydes is 1. The molecule has 0 saturated heterocycles. The minimum absolute atomic E-state index is 0.355. The quantitative estimate of drug-likeness (QED) is 0.748.